The van der Waals surface area contributed by atoms with E-state index in [1.54, 1.807) is 20.8 Å². The third-order valence-corrected chi connectivity index (χ3v) is 2.33. The number of aromatic nitrogens is 2. The first kappa shape index (κ1) is 16.2. The molecule has 112 valence electrons. The molecule has 8 heteroatoms. The van der Waals surface area contributed by atoms with E-state index in [9.17, 15) is 18.0 Å². The first-order valence-corrected chi connectivity index (χ1v) is 6.00. The van der Waals surface area contributed by atoms with Gasteiger partial charge in [0.2, 0.25) is 0 Å². The first-order valence-electron chi connectivity index (χ1n) is 6.00. The molecule has 1 heterocycles. The highest BCUT2D eigenvalue weighted by molar-refractivity contribution is 5.88. The summed E-state index contributed by atoms with van der Waals surface area (Å²) in [4.78, 5) is 11.6. The Morgan fingerprint density at radius 3 is 2.45 bits per heavy atom. The zero-order chi connectivity index (χ0) is 15.4. The van der Waals surface area contributed by atoms with Gasteiger partial charge in [-0.05, 0) is 24.0 Å². The summed E-state index contributed by atoms with van der Waals surface area (Å²) < 4.78 is 38.6. The number of alkyl halides is 3. The summed E-state index contributed by atoms with van der Waals surface area (Å²) in [5.74, 6) is 0.0849. The van der Waals surface area contributed by atoms with Crippen LogP contribution in [0.25, 0.3) is 0 Å². The lowest BCUT2D eigenvalue weighted by Crippen LogP contribution is -2.48. The van der Waals surface area contributed by atoms with Gasteiger partial charge in [0.25, 0.3) is 0 Å². The normalized spacial score (nSPS) is 13.7. The summed E-state index contributed by atoms with van der Waals surface area (Å²) >= 11 is 0. The summed E-state index contributed by atoms with van der Waals surface area (Å²) in [6, 6.07) is 0.0639. The fraction of sp³-hybridized carbons (Fsp3) is 0.583. The zero-order valence-electron chi connectivity index (χ0n) is 11.5. The summed E-state index contributed by atoms with van der Waals surface area (Å²) in [5, 5.41) is 11.2. The highest BCUT2D eigenvalue weighted by Gasteiger charge is 2.42. The molecule has 20 heavy (non-hydrogen) atoms. The van der Waals surface area contributed by atoms with Gasteiger partial charge in [0.05, 0.1) is 0 Å². The number of rotatable bonds is 3. The molecule has 0 radical (unpaired) electrons. The van der Waals surface area contributed by atoms with Crippen molar-refractivity contribution in [3.05, 3.63) is 18.3 Å². The van der Waals surface area contributed by atoms with E-state index < -0.39 is 23.7 Å². The van der Waals surface area contributed by atoms with Crippen LogP contribution in [0.15, 0.2) is 18.3 Å². The highest BCUT2D eigenvalue weighted by Crippen LogP contribution is 2.30. The Labute approximate surface area is 115 Å². The van der Waals surface area contributed by atoms with Crippen molar-refractivity contribution in [2.45, 2.75) is 39.4 Å². The third kappa shape index (κ3) is 5.85. The van der Waals surface area contributed by atoms with Gasteiger partial charge in [-0.1, -0.05) is 20.8 Å². The van der Waals surface area contributed by atoms with Crippen molar-refractivity contribution >= 4 is 11.8 Å². The van der Waals surface area contributed by atoms with Crippen molar-refractivity contribution < 1.29 is 18.0 Å². The molecule has 0 fully saturated rings. The second-order valence-electron chi connectivity index (χ2n) is 5.57. The van der Waals surface area contributed by atoms with E-state index in [4.69, 9.17) is 0 Å². The predicted molar refractivity (Wildman–Crippen MR) is 68.1 cm³/mol. The maximum Gasteiger partial charge on any atom is 0.408 e. The lowest BCUT2D eigenvalue weighted by molar-refractivity contribution is -0.158. The van der Waals surface area contributed by atoms with Crippen molar-refractivity contribution in [3.8, 4) is 0 Å². The van der Waals surface area contributed by atoms with Crippen molar-refractivity contribution in [1.29, 1.82) is 0 Å². The van der Waals surface area contributed by atoms with Gasteiger partial charge in [-0.25, -0.2) is 4.79 Å². The quantitative estimate of drug-likeness (QED) is 0.899. The van der Waals surface area contributed by atoms with E-state index in [-0.39, 0.29) is 12.2 Å². The topological polar surface area (TPSA) is 66.9 Å². The van der Waals surface area contributed by atoms with Crippen LogP contribution in [0, 0.1) is 5.41 Å². The number of amides is 2. The van der Waals surface area contributed by atoms with Crippen LogP contribution < -0.4 is 10.6 Å². The van der Waals surface area contributed by atoms with Gasteiger partial charge in [-0.3, -0.25) is 5.32 Å². The van der Waals surface area contributed by atoms with Crippen LogP contribution in [0.5, 0.6) is 0 Å². The summed E-state index contributed by atoms with van der Waals surface area (Å²) in [7, 11) is 0. The van der Waals surface area contributed by atoms with Gasteiger partial charge in [-0.2, -0.15) is 18.3 Å². The second-order valence-corrected chi connectivity index (χ2v) is 5.57. The largest absolute Gasteiger partial charge is 0.408 e. The van der Waals surface area contributed by atoms with E-state index in [1.165, 1.54) is 18.3 Å². The smallest absolute Gasteiger partial charge is 0.326 e. The molecule has 5 nitrogen and oxygen atoms in total. The standard InChI is InChI=1S/C12H17F3N4O/c1-11(2,3)7-8(12(13,14)15)17-10(20)18-9-5-4-6-16-19-9/h4-6,8H,7H2,1-3H3,(H2,17,18,19,20)/t8-/m0/s1. The molecule has 1 aromatic heterocycles. The number of halogens is 3. The minimum absolute atomic E-state index is 0.0849. The molecule has 2 N–H and O–H groups in total. The molecule has 0 aromatic carbocycles. The van der Waals surface area contributed by atoms with Gasteiger partial charge in [0.1, 0.15) is 6.04 Å². The Morgan fingerprint density at radius 2 is 2.00 bits per heavy atom. The van der Waals surface area contributed by atoms with E-state index in [2.05, 4.69) is 15.5 Å². The molecule has 0 saturated heterocycles. The van der Waals surface area contributed by atoms with E-state index in [0.717, 1.165) is 0 Å². The highest BCUT2D eigenvalue weighted by atomic mass is 19.4. The van der Waals surface area contributed by atoms with Crippen LogP contribution >= 0.6 is 0 Å². The number of carbonyl (C=O) groups is 1. The Balaban J connectivity index is 2.68. The Kier molecular flexibility index (Phi) is 4.91. The van der Waals surface area contributed by atoms with Gasteiger partial charge in [0, 0.05) is 6.20 Å². The molecule has 0 saturated carbocycles. The van der Waals surface area contributed by atoms with Gasteiger partial charge < -0.3 is 5.32 Å². The van der Waals surface area contributed by atoms with Crippen molar-refractivity contribution in [1.82, 2.24) is 15.5 Å². The zero-order valence-corrected chi connectivity index (χ0v) is 11.5. The van der Waals surface area contributed by atoms with Crippen molar-refractivity contribution in [2.75, 3.05) is 5.32 Å². The Hall–Kier alpha value is -1.86. The molecule has 0 aliphatic carbocycles. The summed E-state index contributed by atoms with van der Waals surface area (Å²) in [6.45, 7) is 5.02. The monoisotopic (exact) mass is 290 g/mol. The summed E-state index contributed by atoms with van der Waals surface area (Å²) in [6.07, 6.45) is -3.33. The lowest BCUT2D eigenvalue weighted by atomic mass is 9.88. The fourth-order valence-corrected chi connectivity index (χ4v) is 1.54. The molecule has 1 rings (SSSR count). The van der Waals surface area contributed by atoms with Crippen LogP contribution in [-0.2, 0) is 0 Å². The van der Waals surface area contributed by atoms with Crippen molar-refractivity contribution in [3.63, 3.8) is 0 Å². The minimum atomic E-state index is -4.51. The van der Waals surface area contributed by atoms with E-state index in [1.807, 2.05) is 5.32 Å². The van der Waals surface area contributed by atoms with Gasteiger partial charge in [-0.15, -0.1) is 5.10 Å². The maximum atomic E-state index is 12.9. The molecule has 0 spiro atoms. The average molecular weight is 290 g/mol. The number of hydrogen-bond acceptors (Lipinski definition) is 3. The molecular formula is C12H17F3N4O. The second kappa shape index (κ2) is 6.06. The van der Waals surface area contributed by atoms with E-state index >= 15 is 0 Å². The molecule has 0 aliphatic heterocycles. The van der Waals surface area contributed by atoms with Crippen LogP contribution in [0.3, 0.4) is 0 Å². The molecule has 0 unspecified atom stereocenters. The Bertz CT molecular complexity index is 442. The molecule has 0 bridgehead atoms. The molecule has 1 aromatic rings. The molecule has 1 atom stereocenters. The average Bonchev–Trinajstić information content (AvgIpc) is 2.26. The Morgan fingerprint density at radius 1 is 1.35 bits per heavy atom. The fourth-order valence-electron chi connectivity index (χ4n) is 1.54. The number of hydrogen-bond donors (Lipinski definition) is 2. The summed E-state index contributed by atoms with van der Waals surface area (Å²) in [5.41, 5.74) is -0.569. The van der Waals surface area contributed by atoms with Crippen LogP contribution in [0.1, 0.15) is 27.2 Å². The number of urea groups is 1. The minimum Gasteiger partial charge on any atom is -0.326 e. The van der Waals surface area contributed by atoms with Crippen LogP contribution in [-0.4, -0.2) is 28.4 Å². The molecular weight excluding hydrogens is 273 g/mol. The maximum absolute atomic E-state index is 12.9. The number of carbonyl (C=O) groups excluding carboxylic acids is 1. The van der Waals surface area contributed by atoms with Gasteiger partial charge in [0.15, 0.2) is 5.82 Å². The molecule has 0 aliphatic rings. The predicted octanol–water partition coefficient (Wildman–Crippen LogP) is 2.97. The van der Waals surface area contributed by atoms with Crippen LogP contribution in [0.4, 0.5) is 23.8 Å². The third-order valence-electron chi connectivity index (χ3n) is 2.33. The molecule has 2 amide bonds. The SMILES string of the molecule is CC(C)(C)C[C@H](NC(=O)Nc1cccnn1)C(F)(F)F. The number of nitrogens with one attached hydrogen (secondary N) is 2. The number of nitrogens with zero attached hydrogens (tertiary/aromatic N) is 2. The van der Waals surface area contributed by atoms with Crippen molar-refractivity contribution in [2.24, 2.45) is 5.41 Å². The number of anilines is 1. The lowest BCUT2D eigenvalue weighted by Gasteiger charge is -2.28. The van der Waals surface area contributed by atoms with Crippen LogP contribution in [0.2, 0.25) is 0 Å². The van der Waals surface area contributed by atoms with E-state index in [0.29, 0.717) is 0 Å². The first-order chi connectivity index (χ1) is 9.08. The van der Waals surface area contributed by atoms with Gasteiger partial charge >= 0.3 is 12.2 Å².